The lowest BCUT2D eigenvalue weighted by atomic mass is 9.99. The first kappa shape index (κ1) is 15.7. The molecule has 2 N–H and O–H groups in total. The molecule has 1 atom stereocenters. The summed E-state index contributed by atoms with van der Waals surface area (Å²) in [4.78, 5) is 11.2. The Kier molecular flexibility index (Phi) is 7.19. The van der Waals surface area contributed by atoms with Gasteiger partial charge in [0.2, 0.25) is 0 Å². The van der Waals surface area contributed by atoms with Gasteiger partial charge in [-0.1, -0.05) is 37.6 Å². The average molecular weight is 263 g/mol. The number of rotatable bonds is 8. The van der Waals surface area contributed by atoms with Crippen molar-refractivity contribution in [1.82, 2.24) is 0 Å². The highest BCUT2D eigenvalue weighted by atomic mass is 16.5. The lowest BCUT2D eigenvalue weighted by Crippen LogP contribution is -2.10. The summed E-state index contributed by atoms with van der Waals surface area (Å²) in [5.74, 6) is -0.108. The molecule has 0 spiro atoms. The van der Waals surface area contributed by atoms with Crippen molar-refractivity contribution in [1.29, 1.82) is 0 Å². The van der Waals surface area contributed by atoms with E-state index in [2.05, 4.69) is 31.2 Å². The minimum absolute atomic E-state index is 0.0631. The fourth-order valence-electron chi connectivity index (χ4n) is 2.03. The molecule has 19 heavy (non-hydrogen) atoms. The van der Waals surface area contributed by atoms with Crippen LogP contribution in [0, 0.1) is 0 Å². The Morgan fingerprint density at radius 2 is 1.89 bits per heavy atom. The Morgan fingerprint density at radius 1 is 1.21 bits per heavy atom. The van der Waals surface area contributed by atoms with E-state index in [0.717, 1.165) is 25.7 Å². The molecule has 0 saturated heterocycles. The zero-order chi connectivity index (χ0) is 14.1. The van der Waals surface area contributed by atoms with Gasteiger partial charge in [-0.15, -0.1) is 0 Å². The van der Waals surface area contributed by atoms with Gasteiger partial charge < -0.3 is 10.5 Å². The molecule has 0 aliphatic rings. The number of carbonyl (C=O) groups excluding carboxylic acids is 1. The number of hydrogen-bond acceptors (Lipinski definition) is 3. The van der Waals surface area contributed by atoms with E-state index in [1.807, 2.05) is 6.92 Å². The van der Waals surface area contributed by atoms with Crippen LogP contribution in [-0.2, 0) is 16.0 Å². The van der Waals surface area contributed by atoms with Gasteiger partial charge >= 0.3 is 5.97 Å². The number of benzene rings is 1. The van der Waals surface area contributed by atoms with Crippen LogP contribution in [0.4, 0.5) is 0 Å². The molecule has 106 valence electrons. The summed E-state index contributed by atoms with van der Waals surface area (Å²) in [6.07, 6.45) is 4.25. The highest BCUT2D eigenvalue weighted by Crippen LogP contribution is 2.18. The monoisotopic (exact) mass is 263 g/mol. The lowest BCUT2D eigenvalue weighted by molar-refractivity contribution is -0.143. The zero-order valence-electron chi connectivity index (χ0n) is 12.0. The summed E-state index contributed by atoms with van der Waals surface area (Å²) in [5, 5.41) is 0. The third-order valence-corrected chi connectivity index (χ3v) is 3.27. The van der Waals surface area contributed by atoms with Crippen molar-refractivity contribution < 1.29 is 9.53 Å². The van der Waals surface area contributed by atoms with Crippen LogP contribution in [0.2, 0.25) is 0 Å². The standard InChI is InChI=1S/C16H25NO2/c1-3-13-9-11-14(12-10-13)15(17)7-5-6-8-16(18)19-4-2/h9-12,15H,3-8,17H2,1-2H3. The first-order valence-corrected chi connectivity index (χ1v) is 7.17. The van der Waals surface area contributed by atoms with Gasteiger partial charge in [-0.2, -0.15) is 0 Å². The van der Waals surface area contributed by atoms with E-state index in [0.29, 0.717) is 13.0 Å². The molecule has 0 aliphatic carbocycles. The molecule has 0 amide bonds. The molecule has 0 fully saturated rings. The van der Waals surface area contributed by atoms with Crippen LogP contribution < -0.4 is 5.73 Å². The van der Waals surface area contributed by atoms with Crippen molar-refractivity contribution in [2.45, 2.75) is 52.0 Å². The molecular formula is C16H25NO2. The highest BCUT2D eigenvalue weighted by Gasteiger charge is 2.07. The Balaban J connectivity index is 2.26. The number of carbonyl (C=O) groups is 1. The Labute approximate surface area is 116 Å². The van der Waals surface area contributed by atoms with Crippen LogP contribution >= 0.6 is 0 Å². The van der Waals surface area contributed by atoms with Crippen molar-refractivity contribution in [2.75, 3.05) is 6.61 Å². The smallest absolute Gasteiger partial charge is 0.305 e. The zero-order valence-corrected chi connectivity index (χ0v) is 12.0. The molecule has 0 saturated carbocycles. The van der Waals surface area contributed by atoms with Crippen molar-refractivity contribution >= 4 is 5.97 Å². The molecule has 1 aromatic carbocycles. The van der Waals surface area contributed by atoms with Gasteiger partial charge in [-0.3, -0.25) is 4.79 Å². The minimum Gasteiger partial charge on any atom is -0.466 e. The second-order valence-corrected chi connectivity index (χ2v) is 4.75. The van der Waals surface area contributed by atoms with E-state index in [-0.39, 0.29) is 12.0 Å². The summed E-state index contributed by atoms with van der Waals surface area (Å²) in [6, 6.07) is 8.54. The maximum atomic E-state index is 11.2. The van der Waals surface area contributed by atoms with Crippen LogP contribution in [0.1, 0.15) is 56.7 Å². The van der Waals surface area contributed by atoms with Crippen molar-refractivity contribution in [3.63, 3.8) is 0 Å². The third kappa shape index (κ3) is 5.88. The molecule has 0 bridgehead atoms. The van der Waals surface area contributed by atoms with Gasteiger partial charge in [0.15, 0.2) is 0 Å². The van der Waals surface area contributed by atoms with Gasteiger partial charge in [0.25, 0.3) is 0 Å². The van der Waals surface area contributed by atoms with E-state index in [9.17, 15) is 4.79 Å². The molecule has 0 heterocycles. The first-order chi connectivity index (χ1) is 9.17. The topological polar surface area (TPSA) is 52.3 Å². The Hall–Kier alpha value is -1.35. The molecule has 0 radical (unpaired) electrons. The fraction of sp³-hybridized carbons (Fsp3) is 0.562. The van der Waals surface area contributed by atoms with Crippen LogP contribution in [0.15, 0.2) is 24.3 Å². The van der Waals surface area contributed by atoms with Crippen LogP contribution in [0.3, 0.4) is 0 Å². The highest BCUT2D eigenvalue weighted by molar-refractivity contribution is 5.69. The van der Waals surface area contributed by atoms with Crippen LogP contribution in [-0.4, -0.2) is 12.6 Å². The normalized spacial score (nSPS) is 12.2. The summed E-state index contributed by atoms with van der Waals surface area (Å²) >= 11 is 0. The number of unbranched alkanes of at least 4 members (excludes halogenated alkanes) is 1. The molecule has 1 unspecified atom stereocenters. The van der Waals surface area contributed by atoms with Gasteiger partial charge in [0.05, 0.1) is 6.61 Å². The second-order valence-electron chi connectivity index (χ2n) is 4.75. The molecule has 3 heteroatoms. The molecule has 0 aliphatic heterocycles. The van der Waals surface area contributed by atoms with Crippen molar-refractivity contribution in [2.24, 2.45) is 5.73 Å². The Morgan fingerprint density at radius 3 is 2.47 bits per heavy atom. The molecule has 1 aromatic rings. The summed E-state index contributed by atoms with van der Waals surface area (Å²) in [7, 11) is 0. The predicted octanol–water partition coefficient (Wildman–Crippen LogP) is 3.37. The summed E-state index contributed by atoms with van der Waals surface area (Å²) in [5.41, 5.74) is 8.65. The predicted molar refractivity (Wildman–Crippen MR) is 77.8 cm³/mol. The number of ether oxygens (including phenoxy) is 1. The molecule has 0 aromatic heterocycles. The number of esters is 1. The average Bonchev–Trinajstić information content (AvgIpc) is 2.44. The van der Waals surface area contributed by atoms with Crippen LogP contribution in [0.25, 0.3) is 0 Å². The van der Waals surface area contributed by atoms with Gasteiger partial charge in [0.1, 0.15) is 0 Å². The summed E-state index contributed by atoms with van der Waals surface area (Å²) in [6.45, 7) is 4.43. The van der Waals surface area contributed by atoms with E-state index in [1.54, 1.807) is 0 Å². The van der Waals surface area contributed by atoms with E-state index in [4.69, 9.17) is 10.5 Å². The largest absolute Gasteiger partial charge is 0.466 e. The molecule has 3 nitrogen and oxygen atoms in total. The maximum Gasteiger partial charge on any atom is 0.305 e. The van der Waals surface area contributed by atoms with E-state index >= 15 is 0 Å². The van der Waals surface area contributed by atoms with Crippen LogP contribution in [0.5, 0.6) is 0 Å². The van der Waals surface area contributed by atoms with Crippen molar-refractivity contribution in [3.8, 4) is 0 Å². The van der Waals surface area contributed by atoms with E-state index in [1.165, 1.54) is 11.1 Å². The second kappa shape index (κ2) is 8.70. The lowest BCUT2D eigenvalue weighted by Gasteiger charge is -2.12. The minimum atomic E-state index is -0.108. The fourth-order valence-corrected chi connectivity index (χ4v) is 2.03. The maximum absolute atomic E-state index is 11.2. The van der Waals surface area contributed by atoms with Crippen molar-refractivity contribution in [3.05, 3.63) is 35.4 Å². The first-order valence-electron chi connectivity index (χ1n) is 7.17. The molecular weight excluding hydrogens is 238 g/mol. The SMILES string of the molecule is CCOC(=O)CCCCC(N)c1ccc(CC)cc1. The van der Waals surface area contributed by atoms with E-state index < -0.39 is 0 Å². The third-order valence-electron chi connectivity index (χ3n) is 3.27. The quantitative estimate of drug-likeness (QED) is 0.578. The number of aryl methyl sites for hydroxylation is 1. The van der Waals surface area contributed by atoms with Gasteiger partial charge in [0, 0.05) is 12.5 Å². The number of hydrogen-bond donors (Lipinski definition) is 1. The molecule has 1 rings (SSSR count). The van der Waals surface area contributed by atoms with Gasteiger partial charge in [-0.05, 0) is 37.3 Å². The Bertz CT molecular complexity index is 373. The summed E-state index contributed by atoms with van der Waals surface area (Å²) < 4.78 is 4.89. The van der Waals surface area contributed by atoms with Gasteiger partial charge in [-0.25, -0.2) is 0 Å². The number of nitrogens with two attached hydrogens (primary N) is 1.